The summed E-state index contributed by atoms with van der Waals surface area (Å²) in [6, 6.07) is 12.8. The molecule has 1 aromatic heterocycles. The second-order valence-electron chi connectivity index (χ2n) is 6.28. The lowest BCUT2D eigenvalue weighted by Gasteiger charge is -2.27. The Morgan fingerprint density at radius 2 is 1.72 bits per heavy atom. The molecule has 0 aliphatic carbocycles. The summed E-state index contributed by atoms with van der Waals surface area (Å²) in [6.07, 6.45) is 0.877. The van der Waals surface area contributed by atoms with Crippen LogP contribution in [0, 0.1) is 0 Å². The van der Waals surface area contributed by atoms with Crippen molar-refractivity contribution < 1.29 is 22.5 Å². The number of halogens is 3. The average Bonchev–Trinajstić information content (AvgIpc) is 3.18. The standard InChI is InChI=1S/C19H15F3N4O2S/c20-19(21,22)29-15-8-4-13(5-9-15)17-24-16(25-28-17)12-2-6-14(7-3-12)26-11-1-10-23-18(26)27/h2-9H,1,10-11H2,(H,23,27). The number of carbonyl (C=O) groups excluding carboxylic acids is 1. The number of thioether (sulfide) groups is 1. The summed E-state index contributed by atoms with van der Waals surface area (Å²) in [5.74, 6) is 0.562. The predicted octanol–water partition coefficient (Wildman–Crippen LogP) is 4.94. The fourth-order valence-corrected chi connectivity index (χ4v) is 3.46. The molecule has 1 aliphatic heterocycles. The molecule has 10 heteroatoms. The van der Waals surface area contributed by atoms with E-state index in [4.69, 9.17) is 4.52 Å². The fraction of sp³-hybridized carbons (Fsp3) is 0.211. The van der Waals surface area contributed by atoms with Crippen LogP contribution in [0.4, 0.5) is 23.7 Å². The van der Waals surface area contributed by atoms with Crippen molar-refractivity contribution in [1.29, 1.82) is 0 Å². The Balaban J connectivity index is 1.49. The van der Waals surface area contributed by atoms with Crippen molar-refractivity contribution >= 4 is 23.5 Å². The molecule has 3 aromatic rings. The van der Waals surface area contributed by atoms with E-state index in [2.05, 4.69) is 15.5 Å². The summed E-state index contributed by atoms with van der Waals surface area (Å²) in [4.78, 5) is 18.0. The van der Waals surface area contributed by atoms with E-state index in [1.807, 2.05) is 0 Å². The van der Waals surface area contributed by atoms with E-state index in [1.165, 1.54) is 24.3 Å². The molecule has 0 saturated carbocycles. The second kappa shape index (κ2) is 7.78. The smallest absolute Gasteiger partial charge is 0.338 e. The van der Waals surface area contributed by atoms with Crippen LogP contribution in [0.5, 0.6) is 0 Å². The van der Waals surface area contributed by atoms with Crippen LogP contribution >= 0.6 is 11.8 Å². The van der Waals surface area contributed by atoms with Crippen LogP contribution in [0.25, 0.3) is 22.8 Å². The van der Waals surface area contributed by atoms with Crippen molar-refractivity contribution in [3.63, 3.8) is 0 Å². The summed E-state index contributed by atoms with van der Waals surface area (Å²) in [6.45, 7) is 1.33. The van der Waals surface area contributed by atoms with Crippen LogP contribution < -0.4 is 10.2 Å². The number of benzene rings is 2. The normalized spacial score (nSPS) is 14.7. The number of hydrogen-bond donors (Lipinski definition) is 1. The maximum atomic E-state index is 12.4. The molecule has 2 aromatic carbocycles. The van der Waals surface area contributed by atoms with Crippen molar-refractivity contribution in [1.82, 2.24) is 15.5 Å². The number of aromatic nitrogens is 2. The number of nitrogens with zero attached hydrogens (tertiary/aromatic N) is 3. The van der Waals surface area contributed by atoms with Gasteiger partial charge in [0.2, 0.25) is 5.82 Å². The van der Waals surface area contributed by atoms with Crippen LogP contribution in [0.1, 0.15) is 6.42 Å². The van der Waals surface area contributed by atoms with Gasteiger partial charge in [0.1, 0.15) is 0 Å². The summed E-state index contributed by atoms with van der Waals surface area (Å²) in [5, 5.41) is 6.74. The van der Waals surface area contributed by atoms with Crippen molar-refractivity contribution in [3.8, 4) is 22.8 Å². The van der Waals surface area contributed by atoms with Gasteiger partial charge in [-0.3, -0.25) is 4.90 Å². The van der Waals surface area contributed by atoms with Gasteiger partial charge in [-0.15, -0.1) is 0 Å². The highest BCUT2D eigenvalue weighted by Crippen LogP contribution is 2.37. The van der Waals surface area contributed by atoms with Gasteiger partial charge in [-0.05, 0) is 66.7 Å². The van der Waals surface area contributed by atoms with Gasteiger partial charge >= 0.3 is 11.5 Å². The topological polar surface area (TPSA) is 71.3 Å². The number of amides is 2. The van der Waals surface area contributed by atoms with Gasteiger partial charge in [0.25, 0.3) is 5.89 Å². The lowest BCUT2D eigenvalue weighted by molar-refractivity contribution is -0.0328. The van der Waals surface area contributed by atoms with E-state index in [0.29, 0.717) is 30.0 Å². The molecule has 4 rings (SSSR count). The highest BCUT2D eigenvalue weighted by Gasteiger charge is 2.29. The van der Waals surface area contributed by atoms with Gasteiger partial charge in [0.05, 0.1) is 0 Å². The Bertz CT molecular complexity index is 1000. The number of hydrogen-bond acceptors (Lipinski definition) is 5. The molecule has 2 amide bonds. The number of carbonyl (C=O) groups is 1. The van der Waals surface area contributed by atoms with Crippen molar-refractivity contribution in [2.75, 3.05) is 18.0 Å². The summed E-state index contributed by atoms with van der Waals surface area (Å²) in [7, 11) is 0. The third kappa shape index (κ3) is 4.53. The molecule has 1 N–H and O–H groups in total. The van der Waals surface area contributed by atoms with Crippen LogP contribution in [0.3, 0.4) is 0 Å². The molecule has 1 aliphatic rings. The van der Waals surface area contributed by atoms with E-state index >= 15 is 0 Å². The SMILES string of the molecule is O=C1NCCCN1c1ccc(-c2noc(-c3ccc(SC(F)(F)F)cc3)n2)cc1. The van der Waals surface area contributed by atoms with Crippen LogP contribution in [0.2, 0.25) is 0 Å². The molecule has 0 spiro atoms. The zero-order chi connectivity index (χ0) is 20.4. The van der Waals surface area contributed by atoms with Crippen LogP contribution in [0.15, 0.2) is 57.9 Å². The number of nitrogens with one attached hydrogen (secondary N) is 1. The van der Waals surface area contributed by atoms with Crippen molar-refractivity contribution in [3.05, 3.63) is 48.5 Å². The summed E-state index contributed by atoms with van der Waals surface area (Å²) < 4.78 is 42.5. The maximum Gasteiger partial charge on any atom is 0.446 e. The minimum atomic E-state index is -4.33. The van der Waals surface area contributed by atoms with Gasteiger partial charge < -0.3 is 9.84 Å². The Labute approximate surface area is 168 Å². The van der Waals surface area contributed by atoms with Crippen LogP contribution in [-0.2, 0) is 0 Å². The molecule has 0 bridgehead atoms. The van der Waals surface area contributed by atoms with Crippen LogP contribution in [-0.4, -0.2) is 34.8 Å². The first-order chi connectivity index (χ1) is 13.9. The number of anilines is 1. The molecule has 1 fully saturated rings. The van der Waals surface area contributed by atoms with Gasteiger partial charge in [-0.25, -0.2) is 4.79 Å². The Kier molecular flexibility index (Phi) is 5.18. The van der Waals surface area contributed by atoms with E-state index < -0.39 is 5.51 Å². The lowest BCUT2D eigenvalue weighted by Crippen LogP contribution is -2.46. The Morgan fingerprint density at radius 3 is 2.38 bits per heavy atom. The van der Waals surface area contributed by atoms with E-state index in [0.717, 1.165) is 12.1 Å². The number of alkyl halides is 3. The third-order valence-electron chi connectivity index (χ3n) is 4.28. The second-order valence-corrected chi connectivity index (χ2v) is 7.42. The highest BCUT2D eigenvalue weighted by atomic mass is 32.2. The number of rotatable bonds is 4. The molecule has 29 heavy (non-hydrogen) atoms. The summed E-state index contributed by atoms with van der Waals surface area (Å²) >= 11 is -0.179. The average molecular weight is 420 g/mol. The first-order valence-corrected chi connectivity index (χ1v) is 9.56. The van der Waals surface area contributed by atoms with E-state index in [1.54, 1.807) is 29.2 Å². The zero-order valence-electron chi connectivity index (χ0n) is 14.9. The summed E-state index contributed by atoms with van der Waals surface area (Å²) in [5.41, 5.74) is -2.34. The van der Waals surface area contributed by atoms with Gasteiger partial charge in [-0.2, -0.15) is 18.2 Å². The van der Waals surface area contributed by atoms with Crippen molar-refractivity contribution in [2.45, 2.75) is 16.8 Å². The fourth-order valence-electron chi connectivity index (χ4n) is 2.92. The van der Waals surface area contributed by atoms with E-state index in [-0.39, 0.29) is 28.6 Å². The van der Waals surface area contributed by atoms with Gasteiger partial charge in [0.15, 0.2) is 0 Å². The molecule has 6 nitrogen and oxygen atoms in total. The lowest BCUT2D eigenvalue weighted by atomic mass is 10.1. The van der Waals surface area contributed by atoms with Gasteiger partial charge in [0, 0.05) is 34.8 Å². The minimum Gasteiger partial charge on any atom is -0.338 e. The molecule has 0 unspecified atom stereocenters. The monoisotopic (exact) mass is 420 g/mol. The minimum absolute atomic E-state index is 0.0818. The molecular formula is C19H15F3N4O2S. The highest BCUT2D eigenvalue weighted by molar-refractivity contribution is 8.00. The first-order valence-electron chi connectivity index (χ1n) is 8.75. The quantitative estimate of drug-likeness (QED) is 0.606. The first kappa shape index (κ1) is 19.3. The molecule has 150 valence electrons. The molecule has 2 heterocycles. The molecule has 0 atom stereocenters. The number of urea groups is 1. The zero-order valence-corrected chi connectivity index (χ0v) is 15.8. The third-order valence-corrected chi connectivity index (χ3v) is 5.02. The molecule has 0 radical (unpaired) electrons. The van der Waals surface area contributed by atoms with E-state index in [9.17, 15) is 18.0 Å². The Morgan fingerprint density at radius 1 is 1.03 bits per heavy atom. The molecular weight excluding hydrogens is 405 g/mol. The maximum absolute atomic E-state index is 12.4. The predicted molar refractivity (Wildman–Crippen MR) is 102 cm³/mol. The van der Waals surface area contributed by atoms with Crippen molar-refractivity contribution in [2.24, 2.45) is 0 Å². The van der Waals surface area contributed by atoms with Gasteiger partial charge in [-0.1, -0.05) is 5.16 Å². The Hall–Kier alpha value is -3.01. The molecule has 1 saturated heterocycles. The largest absolute Gasteiger partial charge is 0.446 e.